The molecule has 2 aromatic carbocycles. The lowest BCUT2D eigenvalue weighted by atomic mass is 9.77. The van der Waals surface area contributed by atoms with E-state index in [-0.39, 0.29) is 29.4 Å². The van der Waals surface area contributed by atoms with Gasteiger partial charge in [0.05, 0.1) is 16.7 Å². The van der Waals surface area contributed by atoms with E-state index < -0.39 is 4.92 Å². The molecule has 24 heavy (non-hydrogen) atoms. The molecule has 1 N–H and O–H groups in total. The molecule has 6 heteroatoms. The number of benzene rings is 2. The molecule has 0 saturated heterocycles. The van der Waals surface area contributed by atoms with Gasteiger partial charge in [0.15, 0.2) is 0 Å². The summed E-state index contributed by atoms with van der Waals surface area (Å²) < 4.78 is 15.2. The third-order valence-electron chi connectivity index (χ3n) is 4.83. The maximum atomic E-state index is 14.5. The predicted molar refractivity (Wildman–Crippen MR) is 93.5 cm³/mol. The van der Waals surface area contributed by atoms with Gasteiger partial charge in [-0.15, -0.1) is 0 Å². The molecular formula is C18H14BrFN2O2. The summed E-state index contributed by atoms with van der Waals surface area (Å²) in [6.45, 7) is 0. The van der Waals surface area contributed by atoms with E-state index >= 15 is 0 Å². The van der Waals surface area contributed by atoms with E-state index in [9.17, 15) is 14.5 Å². The first-order valence-electron chi connectivity index (χ1n) is 7.71. The van der Waals surface area contributed by atoms with Gasteiger partial charge in [0.25, 0.3) is 5.69 Å². The van der Waals surface area contributed by atoms with Gasteiger partial charge in [-0.05, 0) is 35.6 Å². The Balaban J connectivity index is 1.81. The van der Waals surface area contributed by atoms with Crippen molar-refractivity contribution in [3.63, 3.8) is 0 Å². The summed E-state index contributed by atoms with van der Waals surface area (Å²) in [5, 5.41) is 14.3. The highest BCUT2D eigenvalue weighted by molar-refractivity contribution is 9.10. The van der Waals surface area contributed by atoms with Crippen LogP contribution in [0.2, 0.25) is 0 Å². The summed E-state index contributed by atoms with van der Waals surface area (Å²) >= 11 is 3.36. The van der Waals surface area contributed by atoms with Crippen LogP contribution in [0.4, 0.5) is 15.8 Å². The Hall–Kier alpha value is -2.21. The highest BCUT2D eigenvalue weighted by Gasteiger charge is 2.39. The van der Waals surface area contributed by atoms with Crippen molar-refractivity contribution in [3.05, 3.63) is 80.1 Å². The minimum absolute atomic E-state index is 0.0545. The van der Waals surface area contributed by atoms with Crippen molar-refractivity contribution >= 4 is 27.3 Å². The van der Waals surface area contributed by atoms with Crippen LogP contribution in [-0.4, -0.2) is 4.92 Å². The number of nitro benzene ring substituents is 1. The maximum Gasteiger partial charge on any atom is 0.269 e. The van der Waals surface area contributed by atoms with Gasteiger partial charge in [-0.3, -0.25) is 10.1 Å². The average molecular weight is 389 g/mol. The number of halogens is 2. The standard InChI is InChI=1S/C18H14BrFN2O2/c19-11-8-15-13-5-2-6-14(13)17(21-18(15)16(20)9-11)10-3-1-4-12(7-10)22(23)24/h1-5,7-9,13-14,17,21H,6H2/t13-,14+,17-/m1/s1. The van der Waals surface area contributed by atoms with Crippen molar-refractivity contribution in [2.75, 3.05) is 5.32 Å². The van der Waals surface area contributed by atoms with Crippen molar-refractivity contribution in [2.45, 2.75) is 18.4 Å². The van der Waals surface area contributed by atoms with Crippen LogP contribution >= 0.6 is 15.9 Å². The largest absolute Gasteiger partial charge is 0.375 e. The van der Waals surface area contributed by atoms with Crippen LogP contribution in [0.3, 0.4) is 0 Å². The number of hydrogen-bond acceptors (Lipinski definition) is 3. The first kappa shape index (κ1) is 15.3. The number of nitrogens with one attached hydrogen (secondary N) is 1. The molecule has 0 bridgehead atoms. The summed E-state index contributed by atoms with van der Waals surface area (Å²) in [6, 6.07) is 9.82. The highest BCUT2D eigenvalue weighted by Crippen LogP contribution is 2.51. The zero-order chi connectivity index (χ0) is 16.8. The van der Waals surface area contributed by atoms with Gasteiger partial charge in [-0.25, -0.2) is 4.39 Å². The summed E-state index contributed by atoms with van der Waals surface area (Å²) in [7, 11) is 0. The molecule has 0 fully saturated rings. The van der Waals surface area contributed by atoms with Gasteiger partial charge < -0.3 is 5.32 Å². The van der Waals surface area contributed by atoms with E-state index in [1.165, 1.54) is 12.1 Å². The van der Waals surface area contributed by atoms with E-state index in [2.05, 4.69) is 33.4 Å². The number of fused-ring (bicyclic) bond motifs is 3. The Morgan fingerprint density at radius 1 is 1.29 bits per heavy atom. The summed E-state index contributed by atoms with van der Waals surface area (Å²) in [4.78, 5) is 10.7. The molecular weight excluding hydrogens is 375 g/mol. The minimum atomic E-state index is -0.400. The zero-order valence-corrected chi connectivity index (χ0v) is 14.2. The lowest BCUT2D eigenvalue weighted by Gasteiger charge is -2.37. The van der Waals surface area contributed by atoms with Crippen LogP contribution in [0.25, 0.3) is 0 Å². The second kappa shape index (κ2) is 5.70. The first-order valence-corrected chi connectivity index (χ1v) is 8.50. The lowest BCUT2D eigenvalue weighted by Crippen LogP contribution is -2.29. The van der Waals surface area contributed by atoms with Crippen molar-refractivity contribution < 1.29 is 9.31 Å². The lowest BCUT2D eigenvalue weighted by molar-refractivity contribution is -0.384. The Bertz CT molecular complexity index is 868. The monoisotopic (exact) mass is 388 g/mol. The molecule has 0 aromatic heterocycles. The summed E-state index contributed by atoms with van der Waals surface area (Å²) in [6.07, 6.45) is 5.08. The van der Waals surface area contributed by atoms with Crippen LogP contribution in [-0.2, 0) is 0 Å². The molecule has 0 radical (unpaired) electrons. The number of nitro groups is 1. The normalized spacial score (nSPS) is 24.2. The highest BCUT2D eigenvalue weighted by atomic mass is 79.9. The van der Waals surface area contributed by atoms with Crippen LogP contribution in [0, 0.1) is 21.8 Å². The first-order chi connectivity index (χ1) is 11.5. The minimum Gasteiger partial charge on any atom is -0.375 e. The molecule has 1 heterocycles. The van der Waals surface area contributed by atoms with Crippen LogP contribution in [0.1, 0.15) is 29.5 Å². The molecule has 4 rings (SSSR count). The summed E-state index contributed by atoms with van der Waals surface area (Å²) in [5.41, 5.74) is 2.29. The molecule has 1 aliphatic heterocycles. The third kappa shape index (κ3) is 2.41. The molecule has 122 valence electrons. The van der Waals surface area contributed by atoms with Crippen molar-refractivity contribution in [1.29, 1.82) is 0 Å². The second-order valence-electron chi connectivity index (χ2n) is 6.18. The predicted octanol–water partition coefficient (Wildman–Crippen LogP) is 5.32. The Morgan fingerprint density at radius 2 is 2.12 bits per heavy atom. The van der Waals surface area contributed by atoms with Crippen molar-refractivity contribution in [2.24, 2.45) is 5.92 Å². The number of non-ortho nitro benzene ring substituents is 1. The van der Waals surface area contributed by atoms with Crippen molar-refractivity contribution in [3.8, 4) is 0 Å². The molecule has 0 amide bonds. The van der Waals surface area contributed by atoms with Crippen LogP contribution in [0.5, 0.6) is 0 Å². The Morgan fingerprint density at radius 3 is 2.92 bits per heavy atom. The zero-order valence-electron chi connectivity index (χ0n) is 12.6. The smallest absolute Gasteiger partial charge is 0.269 e. The molecule has 0 unspecified atom stereocenters. The molecule has 1 aliphatic carbocycles. The van der Waals surface area contributed by atoms with Crippen LogP contribution < -0.4 is 5.32 Å². The van der Waals surface area contributed by atoms with E-state index in [4.69, 9.17) is 0 Å². The number of anilines is 1. The topological polar surface area (TPSA) is 55.2 Å². The quantitative estimate of drug-likeness (QED) is 0.430. The van der Waals surface area contributed by atoms with Gasteiger partial charge in [-0.2, -0.15) is 0 Å². The molecule has 3 atom stereocenters. The van der Waals surface area contributed by atoms with Gasteiger partial charge >= 0.3 is 0 Å². The second-order valence-corrected chi connectivity index (χ2v) is 7.10. The fourth-order valence-corrected chi connectivity index (χ4v) is 4.23. The number of allylic oxidation sites excluding steroid dienone is 2. The molecule has 2 aliphatic rings. The number of nitrogens with zero attached hydrogens (tertiary/aromatic N) is 1. The fraction of sp³-hybridized carbons (Fsp3) is 0.222. The van der Waals surface area contributed by atoms with E-state index in [0.29, 0.717) is 10.2 Å². The molecule has 0 spiro atoms. The molecule has 2 aromatic rings. The number of rotatable bonds is 2. The van der Waals surface area contributed by atoms with E-state index in [1.807, 2.05) is 12.1 Å². The number of hydrogen-bond donors (Lipinski definition) is 1. The molecule has 0 saturated carbocycles. The average Bonchev–Trinajstić information content (AvgIpc) is 3.04. The van der Waals surface area contributed by atoms with Crippen LogP contribution in [0.15, 0.2) is 53.0 Å². The molecule has 4 nitrogen and oxygen atoms in total. The van der Waals surface area contributed by atoms with Gasteiger partial charge in [0.2, 0.25) is 0 Å². The Kier molecular flexibility index (Phi) is 3.64. The van der Waals surface area contributed by atoms with E-state index in [0.717, 1.165) is 17.5 Å². The van der Waals surface area contributed by atoms with E-state index in [1.54, 1.807) is 12.1 Å². The summed E-state index contributed by atoms with van der Waals surface area (Å²) in [5.74, 6) is 0.0132. The Labute approximate surface area is 146 Å². The van der Waals surface area contributed by atoms with Crippen molar-refractivity contribution in [1.82, 2.24) is 0 Å². The third-order valence-corrected chi connectivity index (χ3v) is 5.28. The fourth-order valence-electron chi connectivity index (χ4n) is 3.78. The van der Waals surface area contributed by atoms with Gasteiger partial charge in [-0.1, -0.05) is 40.2 Å². The maximum absolute atomic E-state index is 14.5. The van der Waals surface area contributed by atoms with Gasteiger partial charge in [0, 0.05) is 22.5 Å². The van der Waals surface area contributed by atoms with Gasteiger partial charge in [0.1, 0.15) is 5.82 Å². The SMILES string of the molecule is O=[N+]([O-])c1cccc([C@H]2Nc3c(F)cc(Br)cc3[C@@H]3C=CC[C@H]23)c1.